The van der Waals surface area contributed by atoms with Gasteiger partial charge in [0.25, 0.3) is 0 Å². The van der Waals surface area contributed by atoms with Gasteiger partial charge >= 0.3 is 0 Å². The Bertz CT molecular complexity index is 443. The third kappa shape index (κ3) is 4.08. The van der Waals surface area contributed by atoms with Gasteiger partial charge in [-0.1, -0.05) is 6.92 Å². The lowest BCUT2D eigenvalue weighted by molar-refractivity contribution is -0.119. The fourth-order valence-electron chi connectivity index (χ4n) is 2.41. The zero-order valence-electron chi connectivity index (χ0n) is 12.2. The van der Waals surface area contributed by atoms with Gasteiger partial charge in [0, 0.05) is 38.7 Å². The van der Waals surface area contributed by atoms with Crippen molar-refractivity contribution in [3.63, 3.8) is 0 Å². The maximum atomic E-state index is 11.1. The Balaban J connectivity index is 1.91. The Morgan fingerprint density at radius 3 is 2.80 bits per heavy atom. The number of hydrogen-bond acceptors (Lipinski definition) is 5. The second-order valence-corrected chi connectivity index (χ2v) is 5.15. The molecule has 0 aromatic carbocycles. The first-order valence-corrected chi connectivity index (χ1v) is 7.27. The topological polar surface area (TPSA) is 70.2 Å². The molecule has 2 rings (SSSR count). The highest BCUT2D eigenvalue weighted by atomic mass is 16.1. The van der Waals surface area contributed by atoms with E-state index in [4.69, 9.17) is 0 Å². The summed E-state index contributed by atoms with van der Waals surface area (Å²) in [6.07, 6.45) is 4.59. The molecule has 2 N–H and O–H groups in total. The van der Waals surface area contributed by atoms with E-state index in [1.54, 1.807) is 13.3 Å². The minimum absolute atomic E-state index is 0.0523. The molecule has 0 atom stereocenters. The highest BCUT2D eigenvalue weighted by Gasteiger charge is 2.20. The van der Waals surface area contributed by atoms with E-state index in [-0.39, 0.29) is 5.91 Å². The second kappa shape index (κ2) is 7.07. The number of amides is 1. The Morgan fingerprint density at radius 1 is 1.40 bits per heavy atom. The van der Waals surface area contributed by atoms with Crippen molar-refractivity contribution in [2.75, 3.05) is 29.9 Å². The summed E-state index contributed by atoms with van der Waals surface area (Å²) >= 11 is 0. The van der Waals surface area contributed by atoms with Gasteiger partial charge in [0.15, 0.2) is 0 Å². The summed E-state index contributed by atoms with van der Waals surface area (Å²) < 4.78 is 0. The van der Waals surface area contributed by atoms with Gasteiger partial charge in [0.1, 0.15) is 18.0 Å². The van der Waals surface area contributed by atoms with Gasteiger partial charge in [-0.15, -0.1) is 0 Å². The van der Waals surface area contributed by atoms with E-state index < -0.39 is 0 Å². The summed E-state index contributed by atoms with van der Waals surface area (Å²) in [4.78, 5) is 21.9. The largest absolute Gasteiger partial charge is 0.370 e. The van der Waals surface area contributed by atoms with Crippen LogP contribution in [-0.2, 0) is 4.79 Å². The van der Waals surface area contributed by atoms with Crippen molar-refractivity contribution < 1.29 is 4.79 Å². The minimum atomic E-state index is 0.0523. The van der Waals surface area contributed by atoms with Crippen LogP contribution in [0.1, 0.15) is 33.1 Å². The van der Waals surface area contributed by atoms with Crippen molar-refractivity contribution in [3.05, 3.63) is 12.4 Å². The maximum Gasteiger partial charge on any atom is 0.217 e. The lowest BCUT2D eigenvalue weighted by atomic mass is 10.1. The van der Waals surface area contributed by atoms with E-state index >= 15 is 0 Å². The summed E-state index contributed by atoms with van der Waals surface area (Å²) in [6.45, 7) is 6.44. The molecule has 0 bridgehead atoms. The van der Waals surface area contributed by atoms with Crippen molar-refractivity contribution in [1.82, 2.24) is 15.3 Å². The van der Waals surface area contributed by atoms with Gasteiger partial charge < -0.3 is 15.5 Å². The Hall–Kier alpha value is -1.85. The van der Waals surface area contributed by atoms with E-state index in [1.807, 2.05) is 6.07 Å². The first-order valence-electron chi connectivity index (χ1n) is 7.27. The summed E-state index contributed by atoms with van der Waals surface area (Å²) in [5.74, 6) is 1.89. The number of aromatic nitrogens is 2. The summed E-state index contributed by atoms with van der Waals surface area (Å²) in [5, 5.41) is 6.26. The zero-order chi connectivity index (χ0) is 14.4. The molecule has 1 saturated heterocycles. The van der Waals surface area contributed by atoms with Crippen molar-refractivity contribution >= 4 is 17.5 Å². The van der Waals surface area contributed by atoms with Crippen molar-refractivity contribution in [1.29, 1.82) is 0 Å². The number of anilines is 2. The fraction of sp³-hybridized carbons (Fsp3) is 0.643. The molecule has 0 unspecified atom stereocenters. The number of hydrogen-bond donors (Lipinski definition) is 2. The molecule has 1 aliphatic rings. The fourth-order valence-corrected chi connectivity index (χ4v) is 2.41. The minimum Gasteiger partial charge on any atom is -0.370 e. The SMILES string of the molecule is CCCNc1cc(N2CCC(NC(C)=O)CC2)ncn1. The highest BCUT2D eigenvalue weighted by molar-refractivity contribution is 5.73. The van der Waals surface area contributed by atoms with Crippen molar-refractivity contribution in [2.24, 2.45) is 0 Å². The Kier molecular flexibility index (Phi) is 5.15. The predicted octanol–water partition coefficient (Wildman–Crippen LogP) is 1.40. The number of nitrogens with one attached hydrogen (secondary N) is 2. The van der Waals surface area contributed by atoms with Crippen molar-refractivity contribution in [2.45, 2.75) is 39.2 Å². The van der Waals surface area contributed by atoms with Gasteiger partial charge in [-0.25, -0.2) is 9.97 Å². The number of carbonyl (C=O) groups excluding carboxylic acids is 1. The molecule has 0 aliphatic carbocycles. The van der Waals surface area contributed by atoms with Crippen LogP contribution in [0.15, 0.2) is 12.4 Å². The summed E-state index contributed by atoms with van der Waals surface area (Å²) in [6, 6.07) is 2.29. The first-order chi connectivity index (χ1) is 9.69. The van der Waals surface area contributed by atoms with E-state index in [9.17, 15) is 4.79 Å². The van der Waals surface area contributed by atoms with E-state index in [2.05, 4.69) is 32.4 Å². The summed E-state index contributed by atoms with van der Waals surface area (Å²) in [5.41, 5.74) is 0. The molecule has 0 spiro atoms. The first kappa shape index (κ1) is 14.6. The van der Waals surface area contributed by atoms with Crippen LogP contribution in [0.3, 0.4) is 0 Å². The monoisotopic (exact) mass is 277 g/mol. The van der Waals surface area contributed by atoms with Gasteiger partial charge in [-0.2, -0.15) is 0 Å². The second-order valence-electron chi connectivity index (χ2n) is 5.15. The van der Waals surface area contributed by atoms with Gasteiger partial charge in [-0.05, 0) is 19.3 Å². The van der Waals surface area contributed by atoms with Crippen LogP contribution in [0.4, 0.5) is 11.6 Å². The number of nitrogens with zero attached hydrogens (tertiary/aromatic N) is 3. The molecule has 20 heavy (non-hydrogen) atoms. The molecule has 0 radical (unpaired) electrons. The molecular weight excluding hydrogens is 254 g/mol. The molecule has 1 fully saturated rings. The third-order valence-electron chi connectivity index (χ3n) is 3.44. The van der Waals surface area contributed by atoms with Crippen molar-refractivity contribution in [3.8, 4) is 0 Å². The normalized spacial score (nSPS) is 16.0. The zero-order valence-corrected chi connectivity index (χ0v) is 12.2. The standard InChI is InChI=1S/C14H23N5O/c1-3-6-15-13-9-14(17-10-16-13)19-7-4-12(5-8-19)18-11(2)20/h9-10,12H,3-8H2,1-2H3,(H,18,20)(H,15,16,17). The van der Waals surface area contributed by atoms with Crippen LogP contribution in [0.2, 0.25) is 0 Å². The molecule has 0 saturated carbocycles. The lowest BCUT2D eigenvalue weighted by Crippen LogP contribution is -2.44. The molecule has 1 aromatic heterocycles. The predicted molar refractivity (Wildman–Crippen MR) is 79.9 cm³/mol. The Labute approximate surface area is 120 Å². The van der Waals surface area contributed by atoms with Crippen LogP contribution in [0, 0.1) is 0 Å². The molecule has 2 heterocycles. The average molecular weight is 277 g/mol. The van der Waals surface area contributed by atoms with Gasteiger partial charge in [0.2, 0.25) is 5.91 Å². The highest BCUT2D eigenvalue weighted by Crippen LogP contribution is 2.19. The number of carbonyl (C=O) groups is 1. The van der Waals surface area contributed by atoms with E-state index in [0.29, 0.717) is 6.04 Å². The van der Waals surface area contributed by atoms with Crippen LogP contribution >= 0.6 is 0 Å². The molecular formula is C14H23N5O. The molecule has 1 amide bonds. The number of rotatable bonds is 5. The molecule has 6 heteroatoms. The number of piperidine rings is 1. The Morgan fingerprint density at radius 2 is 2.15 bits per heavy atom. The summed E-state index contributed by atoms with van der Waals surface area (Å²) in [7, 11) is 0. The van der Waals surface area contributed by atoms with Gasteiger partial charge in [0.05, 0.1) is 0 Å². The van der Waals surface area contributed by atoms with Crippen LogP contribution in [0.5, 0.6) is 0 Å². The average Bonchev–Trinajstić information content (AvgIpc) is 2.45. The van der Waals surface area contributed by atoms with Crippen LogP contribution in [0.25, 0.3) is 0 Å². The quantitative estimate of drug-likeness (QED) is 0.851. The van der Waals surface area contributed by atoms with E-state index in [1.165, 1.54) is 0 Å². The third-order valence-corrected chi connectivity index (χ3v) is 3.44. The maximum absolute atomic E-state index is 11.1. The van der Waals surface area contributed by atoms with Gasteiger partial charge in [-0.3, -0.25) is 4.79 Å². The smallest absolute Gasteiger partial charge is 0.217 e. The molecule has 110 valence electrons. The lowest BCUT2D eigenvalue weighted by Gasteiger charge is -2.33. The van der Waals surface area contributed by atoms with E-state index in [0.717, 1.165) is 50.5 Å². The molecule has 1 aromatic rings. The molecule has 6 nitrogen and oxygen atoms in total. The molecule has 1 aliphatic heterocycles. The van der Waals surface area contributed by atoms with Crippen LogP contribution in [-0.4, -0.2) is 41.6 Å². The van der Waals surface area contributed by atoms with Crippen LogP contribution < -0.4 is 15.5 Å².